The van der Waals surface area contributed by atoms with Gasteiger partial charge in [0.25, 0.3) is 0 Å². The number of sulfonamides is 1. The van der Waals surface area contributed by atoms with Crippen LogP contribution in [0.15, 0.2) is 47.4 Å². The third-order valence-corrected chi connectivity index (χ3v) is 5.32. The summed E-state index contributed by atoms with van der Waals surface area (Å²) in [6.07, 6.45) is 0. The zero-order chi connectivity index (χ0) is 19.3. The number of nitrogens with one attached hydrogen (secondary N) is 2. The van der Waals surface area contributed by atoms with E-state index in [1.54, 1.807) is 18.2 Å². The molecule has 0 fully saturated rings. The van der Waals surface area contributed by atoms with Gasteiger partial charge in [-0.3, -0.25) is 4.79 Å². The van der Waals surface area contributed by atoms with E-state index in [9.17, 15) is 13.2 Å². The van der Waals surface area contributed by atoms with Crippen molar-refractivity contribution in [2.45, 2.75) is 17.9 Å². The van der Waals surface area contributed by atoms with Crippen molar-refractivity contribution in [1.29, 1.82) is 0 Å². The minimum atomic E-state index is -3.87. The van der Waals surface area contributed by atoms with Gasteiger partial charge in [0.2, 0.25) is 15.9 Å². The lowest BCUT2D eigenvalue weighted by atomic mass is 10.2. The van der Waals surface area contributed by atoms with Gasteiger partial charge in [-0.05, 0) is 43.3 Å². The summed E-state index contributed by atoms with van der Waals surface area (Å²) in [5.74, 6) is 0.400. The van der Waals surface area contributed by atoms with E-state index in [-0.39, 0.29) is 4.90 Å². The number of halogens is 1. The molecular weight excluding hydrogens is 380 g/mol. The molecule has 2 aromatic rings. The Labute approximate surface area is 157 Å². The maximum absolute atomic E-state index is 12.4. The largest absolute Gasteiger partial charge is 0.497 e. The second kappa shape index (κ2) is 8.39. The zero-order valence-corrected chi connectivity index (χ0v) is 16.0. The number of carbonyl (C=O) groups is 1. The summed E-state index contributed by atoms with van der Waals surface area (Å²) in [5.41, 5.74) is 0.370. The smallest absolute Gasteiger partial charge is 0.242 e. The summed E-state index contributed by atoms with van der Waals surface area (Å²) in [4.78, 5) is 12.4. The number of amides is 1. The van der Waals surface area contributed by atoms with Crippen LogP contribution in [0.1, 0.15) is 6.92 Å². The van der Waals surface area contributed by atoms with Crippen LogP contribution in [-0.4, -0.2) is 34.6 Å². The normalized spacial score (nSPS) is 12.3. The predicted molar refractivity (Wildman–Crippen MR) is 99.4 cm³/mol. The number of benzene rings is 2. The Morgan fingerprint density at radius 2 is 1.73 bits per heavy atom. The monoisotopic (exact) mass is 398 g/mol. The zero-order valence-electron chi connectivity index (χ0n) is 14.4. The number of carbonyl (C=O) groups excluding carboxylic acids is 1. The first kappa shape index (κ1) is 20.0. The van der Waals surface area contributed by atoms with Gasteiger partial charge in [-0.15, -0.1) is 0 Å². The van der Waals surface area contributed by atoms with Gasteiger partial charge in [-0.25, -0.2) is 8.42 Å². The van der Waals surface area contributed by atoms with Crippen LogP contribution in [0.5, 0.6) is 11.5 Å². The highest BCUT2D eigenvalue weighted by atomic mass is 35.5. The number of anilines is 1. The van der Waals surface area contributed by atoms with Gasteiger partial charge in [0.15, 0.2) is 0 Å². The molecule has 1 atom stereocenters. The maximum atomic E-state index is 12.4. The van der Waals surface area contributed by atoms with Crippen LogP contribution < -0.4 is 19.5 Å². The van der Waals surface area contributed by atoms with E-state index in [0.717, 1.165) is 0 Å². The Morgan fingerprint density at radius 1 is 1.08 bits per heavy atom. The first-order chi connectivity index (χ1) is 12.3. The average Bonchev–Trinajstić information content (AvgIpc) is 2.61. The molecule has 0 aliphatic carbocycles. The summed E-state index contributed by atoms with van der Waals surface area (Å²) in [6, 6.07) is 9.52. The molecule has 0 aliphatic rings. The molecule has 0 radical (unpaired) electrons. The molecule has 0 saturated carbocycles. The lowest BCUT2D eigenvalue weighted by Gasteiger charge is -2.16. The molecule has 2 N–H and O–H groups in total. The highest BCUT2D eigenvalue weighted by Crippen LogP contribution is 2.29. The van der Waals surface area contributed by atoms with Crippen LogP contribution in [0.2, 0.25) is 5.02 Å². The van der Waals surface area contributed by atoms with Gasteiger partial charge in [-0.2, -0.15) is 4.72 Å². The Kier molecular flexibility index (Phi) is 6.47. The molecule has 0 unspecified atom stereocenters. The van der Waals surface area contributed by atoms with Crippen molar-refractivity contribution >= 4 is 33.2 Å². The van der Waals surface area contributed by atoms with Crippen LogP contribution >= 0.6 is 11.6 Å². The van der Waals surface area contributed by atoms with E-state index >= 15 is 0 Å². The van der Waals surface area contributed by atoms with Crippen molar-refractivity contribution < 1.29 is 22.7 Å². The lowest BCUT2D eigenvalue weighted by molar-refractivity contribution is -0.117. The van der Waals surface area contributed by atoms with E-state index in [1.807, 2.05) is 0 Å². The van der Waals surface area contributed by atoms with E-state index < -0.39 is 22.0 Å². The van der Waals surface area contributed by atoms with Crippen LogP contribution in [-0.2, 0) is 14.8 Å². The van der Waals surface area contributed by atoms with Crippen LogP contribution in [0.25, 0.3) is 0 Å². The van der Waals surface area contributed by atoms with Gasteiger partial charge in [-0.1, -0.05) is 11.6 Å². The SMILES string of the molecule is COc1ccc(OC)c(NC(=O)[C@H](C)NS(=O)(=O)c2ccc(Cl)cc2)c1. The first-order valence-electron chi connectivity index (χ1n) is 7.57. The summed E-state index contributed by atoms with van der Waals surface area (Å²) >= 11 is 5.76. The molecule has 0 bridgehead atoms. The molecule has 140 valence electrons. The molecule has 0 saturated heterocycles. The first-order valence-corrected chi connectivity index (χ1v) is 9.43. The van der Waals surface area contributed by atoms with Crippen LogP contribution in [0, 0.1) is 0 Å². The van der Waals surface area contributed by atoms with Gasteiger partial charge >= 0.3 is 0 Å². The van der Waals surface area contributed by atoms with Crippen LogP contribution in [0.3, 0.4) is 0 Å². The molecule has 7 nitrogen and oxygen atoms in total. The molecular formula is C17H19ClN2O5S. The van der Waals surface area contributed by atoms with Gasteiger partial charge in [0.05, 0.1) is 30.8 Å². The van der Waals surface area contributed by atoms with Crippen molar-refractivity contribution in [3.05, 3.63) is 47.5 Å². The third kappa shape index (κ3) is 4.87. The molecule has 2 rings (SSSR count). The average molecular weight is 399 g/mol. The fraction of sp³-hybridized carbons (Fsp3) is 0.235. The number of hydrogen-bond acceptors (Lipinski definition) is 5. The number of ether oxygens (including phenoxy) is 2. The van der Waals surface area contributed by atoms with Gasteiger partial charge in [0, 0.05) is 11.1 Å². The van der Waals surface area contributed by atoms with Crippen LogP contribution in [0.4, 0.5) is 5.69 Å². The summed E-state index contributed by atoms with van der Waals surface area (Å²) in [6.45, 7) is 1.44. The third-order valence-electron chi connectivity index (χ3n) is 3.51. The Balaban J connectivity index is 2.14. The van der Waals surface area contributed by atoms with Gasteiger partial charge < -0.3 is 14.8 Å². The summed E-state index contributed by atoms with van der Waals surface area (Å²) in [7, 11) is -0.909. The van der Waals surface area contributed by atoms with Crippen molar-refractivity contribution in [2.24, 2.45) is 0 Å². The van der Waals surface area contributed by atoms with Crippen molar-refractivity contribution in [3.8, 4) is 11.5 Å². The van der Waals surface area contributed by atoms with E-state index in [2.05, 4.69) is 10.0 Å². The molecule has 0 aromatic heterocycles. The Bertz CT molecular complexity index is 885. The minimum absolute atomic E-state index is 0.0144. The standard InChI is InChI=1S/C17H19ClN2O5S/c1-11(20-26(22,23)14-7-4-12(18)5-8-14)17(21)19-15-10-13(24-2)6-9-16(15)25-3/h4-11,20H,1-3H3,(H,19,21)/t11-/m0/s1. The number of rotatable bonds is 7. The van der Waals surface area contributed by atoms with Crippen molar-refractivity contribution in [3.63, 3.8) is 0 Å². The maximum Gasteiger partial charge on any atom is 0.242 e. The van der Waals surface area contributed by atoms with E-state index in [0.29, 0.717) is 22.2 Å². The van der Waals surface area contributed by atoms with Gasteiger partial charge in [0.1, 0.15) is 11.5 Å². The number of methoxy groups -OCH3 is 2. The van der Waals surface area contributed by atoms with E-state index in [4.69, 9.17) is 21.1 Å². The van der Waals surface area contributed by atoms with E-state index in [1.165, 1.54) is 45.4 Å². The summed E-state index contributed by atoms with van der Waals surface area (Å²) in [5, 5.41) is 3.04. The molecule has 9 heteroatoms. The Morgan fingerprint density at radius 3 is 2.31 bits per heavy atom. The lowest BCUT2D eigenvalue weighted by Crippen LogP contribution is -2.41. The molecule has 0 spiro atoms. The quantitative estimate of drug-likeness (QED) is 0.747. The van der Waals surface area contributed by atoms with Crippen molar-refractivity contribution in [1.82, 2.24) is 4.72 Å². The predicted octanol–water partition coefficient (Wildman–Crippen LogP) is 2.66. The Hall–Kier alpha value is -2.29. The fourth-order valence-corrected chi connectivity index (χ4v) is 3.45. The minimum Gasteiger partial charge on any atom is -0.497 e. The topological polar surface area (TPSA) is 93.7 Å². The molecule has 26 heavy (non-hydrogen) atoms. The second-order valence-electron chi connectivity index (χ2n) is 5.35. The number of hydrogen-bond donors (Lipinski definition) is 2. The van der Waals surface area contributed by atoms with Crippen molar-refractivity contribution in [2.75, 3.05) is 19.5 Å². The molecule has 1 amide bonds. The highest BCUT2D eigenvalue weighted by Gasteiger charge is 2.23. The molecule has 2 aromatic carbocycles. The molecule has 0 heterocycles. The summed E-state index contributed by atoms with van der Waals surface area (Å²) < 4.78 is 37.3. The molecule has 0 aliphatic heterocycles. The highest BCUT2D eigenvalue weighted by molar-refractivity contribution is 7.89. The second-order valence-corrected chi connectivity index (χ2v) is 7.50. The fourth-order valence-electron chi connectivity index (χ4n) is 2.12.